The Kier molecular flexibility index (Phi) is 11.3. The average Bonchev–Trinajstić information content (AvgIpc) is 2.87. The summed E-state index contributed by atoms with van der Waals surface area (Å²) in [6.45, 7) is 4.51. The molecule has 127 valence electrons. The summed E-state index contributed by atoms with van der Waals surface area (Å²) in [6.07, 6.45) is 7.51. The van der Waals surface area contributed by atoms with Crippen LogP contribution in [0.4, 0.5) is 0 Å². The molecule has 0 aliphatic rings. The molecule has 24 heavy (non-hydrogen) atoms. The van der Waals surface area contributed by atoms with Crippen LogP contribution in [0.3, 0.4) is 0 Å². The van der Waals surface area contributed by atoms with Crippen molar-refractivity contribution in [3.05, 3.63) is 53.6 Å². The first-order valence-corrected chi connectivity index (χ1v) is 8.42. The normalized spacial score (nSPS) is 10.1. The van der Waals surface area contributed by atoms with Crippen molar-refractivity contribution in [1.29, 1.82) is 0 Å². The van der Waals surface area contributed by atoms with E-state index in [2.05, 4.69) is 56.3 Å². The Morgan fingerprint density at radius 2 is 1.12 bits per heavy atom. The van der Waals surface area contributed by atoms with Crippen LogP contribution in [0.15, 0.2) is 42.5 Å². The van der Waals surface area contributed by atoms with Crippen molar-refractivity contribution >= 4 is 21.5 Å². The number of benzene rings is 2. The summed E-state index contributed by atoms with van der Waals surface area (Å²) in [4.78, 5) is 0. The molecule has 3 rings (SSSR count). The molecule has 0 atom stereocenters. The van der Waals surface area contributed by atoms with E-state index in [9.17, 15) is 0 Å². The van der Waals surface area contributed by atoms with Crippen LogP contribution in [0, 0.1) is 0 Å². The zero-order chi connectivity index (χ0) is 14.7. The summed E-state index contributed by atoms with van der Waals surface area (Å²) in [6, 6.07) is 16.4. The number of unbranched alkanes of at least 4 members (excludes halogenated alkanes) is 2. The van der Waals surface area contributed by atoms with Crippen LogP contribution in [0.25, 0.3) is 21.5 Å². The van der Waals surface area contributed by atoms with E-state index in [0.29, 0.717) is 0 Å². The van der Waals surface area contributed by atoms with E-state index in [0.717, 1.165) is 0 Å². The minimum absolute atomic E-state index is 0. The van der Waals surface area contributed by atoms with Gasteiger partial charge < -0.3 is 24.8 Å². The molecule has 0 fully saturated rings. The predicted octanol–water partition coefficient (Wildman–Crippen LogP) is 0.403. The van der Waals surface area contributed by atoms with Gasteiger partial charge in [-0.05, 0) is 12.8 Å². The van der Waals surface area contributed by atoms with E-state index < -0.39 is 0 Å². The minimum atomic E-state index is 0. The van der Waals surface area contributed by atoms with Crippen LogP contribution >= 0.6 is 0 Å². The number of fused-ring (bicyclic) bond motifs is 3. The van der Waals surface area contributed by atoms with Crippen LogP contribution < -0.4 is 24.8 Å². The summed E-state index contributed by atoms with van der Waals surface area (Å²) in [5, 5.41) is 5.64. The molecule has 0 nitrogen and oxygen atoms in total. The summed E-state index contributed by atoms with van der Waals surface area (Å²) in [5.74, 6) is 0. The van der Waals surface area contributed by atoms with Gasteiger partial charge in [-0.1, -0.05) is 74.9 Å². The molecule has 0 saturated heterocycles. The van der Waals surface area contributed by atoms with Gasteiger partial charge in [0, 0.05) is 0 Å². The predicted molar refractivity (Wildman–Crippen MR) is 94.3 cm³/mol. The fraction of sp³-hybridized carbons (Fsp3) is 0.381. The van der Waals surface area contributed by atoms with Gasteiger partial charge in [-0.15, -0.1) is 39.7 Å². The molecule has 0 spiro atoms. The van der Waals surface area contributed by atoms with Gasteiger partial charge in [0.05, 0.1) is 0 Å². The van der Waals surface area contributed by atoms with Crippen molar-refractivity contribution < 1.29 is 51.0 Å². The van der Waals surface area contributed by atoms with Gasteiger partial charge in [-0.25, -0.2) is 0 Å². The second-order valence-corrected chi connectivity index (χ2v) is 6.19. The Morgan fingerprint density at radius 3 is 1.50 bits per heavy atom. The first kappa shape index (κ1) is 23.8. The van der Waals surface area contributed by atoms with Crippen molar-refractivity contribution in [2.45, 2.75) is 52.4 Å². The summed E-state index contributed by atoms with van der Waals surface area (Å²) < 4.78 is 0. The SMILES string of the molecule is CCCCc1ccc2c(c1)[cH-]c1cc(CCCC)ccc12.[Cl-].[Cl-].[Zr+3]. The largest absolute Gasteiger partial charge is 3.00 e. The average molecular weight is 440 g/mol. The summed E-state index contributed by atoms with van der Waals surface area (Å²) in [5.41, 5.74) is 2.96. The zero-order valence-electron chi connectivity index (χ0n) is 14.5. The van der Waals surface area contributed by atoms with Gasteiger partial charge in [-0.2, -0.15) is 0 Å². The zero-order valence-corrected chi connectivity index (χ0v) is 18.5. The number of hydrogen-bond donors (Lipinski definition) is 0. The van der Waals surface area contributed by atoms with Gasteiger partial charge >= 0.3 is 26.2 Å². The fourth-order valence-corrected chi connectivity index (χ4v) is 3.19. The second kappa shape index (κ2) is 11.4. The van der Waals surface area contributed by atoms with Crippen molar-refractivity contribution in [3.8, 4) is 0 Å². The number of halogens is 2. The number of aryl methyl sites for hydroxylation is 2. The van der Waals surface area contributed by atoms with E-state index in [4.69, 9.17) is 0 Å². The summed E-state index contributed by atoms with van der Waals surface area (Å²) >= 11 is 0. The number of hydrogen-bond acceptors (Lipinski definition) is 0. The molecule has 0 heterocycles. The molecule has 0 amide bonds. The Morgan fingerprint density at radius 1 is 0.708 bits per heavy atom. The standard InChI is InChI=1S/C21H25.2ClH.Zr/c1-3-5-7-16-9-11-20-18(13-16)15-19-14-17(8-6-4-2)10-12-21(19)20;;;/h9-15H,3-8H2,1-2H3;2*1H;/q-1;;;+3/p-2. The van der Waals surface area contributed by atoms with E-state index in [-0.39, 0.29) is 51.0 Å². The molecule has 0 bridgehead atoms. The Balaban J connectivity index is 0.00000176. The Labute approximate surface area is 177 Å². The van der Waals surface area contributed by atoms with Crippen LogP contribution in [0.2, 0.25) is 0 Å². The fourth-order valence-electron chi connectivity index (χ4n) is 3.19. The number of rotatable bonds is 6. The molecule has 0 aromatic heterocycles. The van der Waals surface area contributed by atoms with Crippen LogP contribution in [0.1, 0.15) is 50.7 Å². The third-order valence-electron chi connectivity index (χ3n) is 4.47. The van der Waals surface area contributed by atoms with E-state index >= 15 is 0 Å². The van der Waals surface area contributed by atoms with Crippen LogP contribution in [-0.4, -0.2) is 0 Å². The van der Waals surface area contributed by atoms with E-state index in [1.165, 1.54) is 71.2 Å². The minimum Gasteiger partial charge on any atom is -1.00 e. The molecule has 3 aromatic rings. The Bertz CT molecular complexity index is 684. The third-order valence-corrected chi connectivity index (χ3v) is 4.47. The maximum absolute atomic E-state index is 2.39. The topological polar surface area (TPSA) is 0 Å². The third kappa shape index (κ3) is 5.38. The maximum Gasteiger partial charge on any atom is 3.00 e. The van der Waals surface area contributed by atoms with Gasteiger partial charge in [0.1, 0.15) is 0 Å². The first-order chi connectivity index (χ1) is 10.3. The molecule has 3 heteroatoms. The second-order valence-electron chi connectivity index (χ2n) is 6.19. The summed E-state index contributed by atoms with van der Waals surface area (Å²) in [7, 11) is 0. The monoisotopic (exact) mass is 437 g/mol. The molecular formula is C21H25Cl2Zr. The van der Waals surface area contributed by atoms with Crippen LogP contribution in [0.5, 0.6) is 0 Å². The molecule has 0 saturated carbocycles. The van der Waals surface area contributed by atoms with Crippen molar-refractivity contribution in [3.63, 3.8) is 0 Å². The van der Waals surface area contributed by atoms with Crippen LogP contribution in [-0.2, 0) is 39.0 Å². The first-order valence-electron chi connectivity index (χ1n) is 8.42. The van der Waals surface area contributed by atoms with Crippen molar-refractivity contribution in [2.24, 2.45) is 0 Å². The quantitative estimate of drug-likeness (QED) is 0.488. The molecular weight excluding hydrogens is 414 g/mol. The maximum atomic E-state index is 2.39. The van der Waals surface area contributed by atoms with Gasteiger partial charge in [0.15, 0.2) is 0 Å². The molecule has 3 aromatic carbocycles. The van der Waals surface area contributed by atoms with E-state index in [1.807, 2.05) is 0 Å². The van der Waals surface area contributed by atoms with Crippen molar-refractivity contribution in [2.75, 3.05) is 0 Å². The molecule has 0 unspecified atom stereocenters. The van der Waals surface area contributed by atoms with E-state index in [1.54, 1.807) is 0 Å². The van der Waals surface area contributed by atoms with Crippen molar-refractivity contribution in [1.82, 2.24) is 0 Å². The van der Waals surface area contributed by atoms with Gasteiger partial charge in [0.2, 0.25) is 0 Å². The Hall–Kier alpha value is -0.227. The van der Waals surface area contributed by atoms with Gasteiger partial charge in [-0.3, -0.25) is 0 Å². The molecule has 0 aliphatic heterocycles. The smallest absolute Gasteiger partial charge is 1.00 e. The molecule has 0 N–H and O–H groups in total. The molecule has 0 aliphatic carbocycles. The molecule has 1 radical (unpaired) electrons. The van der Waals surface area contributed by atoms with Gasteiger partial charge in [0.25, 0.3) is 0 Å².